The molecular formula is C23H21Cl2NO7. The summed E-state index contributed by atoms with van der Waals surface area (Å²) in [6.45, 7) is 1.49. The lowest BCUT2D eigenvalue weighted by Gasteiger charge is -2.25. The molecule has 0 saturated carbocycles. The number of aliphatic hydroxyl groups excluding tert-OH is 1. The smallest absolute Gasteiger partial charge is 0.308 e. The zero-order valence-electron chi connectivity index (χ0n) is 18.1. The topological polar surface area (TPSA) is 102 Å². The summed E-state index contributed by atoms with van der Waals surface area (Å²) in [5.74, 6) is -2.43. The van der Waals surface area contributed by atoms with Crippen molar-refractivity contribution in [2.75, 3.05) is 27.4 Å². The van der Waals surface area contributed by atoms with Crippen LogP contribution in [-0.2, 0) is 19.1 Å². The van der Waals surface area contributed by atoms with Crippen LogP contribution in [0.25, 0.3) is 5.76 Å². The third kappa shape index (κ3) is 4.98. The first-order chi connectivity index (χ1) is 15.7. The predicted molar refractivity (Wildman–Crippen MR) is 122 cm³/mol. The third-order valence-corrected chi connectivity index (χ3v) is 5.48. The Kier molecular flexibility index (Phi) is 7.63. The van der Waals surface area contributed by atoms with E-state index in [2.05, 4.69) is 0 Å². The molecule has 0 radical (unpaired) electrons. The molecule has 1 unspecified atom stereocenters. The van der Waals surface area contributed by atoms with Crippen LogP contribution in [-0.4, -0.2) is 55.0 Å². The van der Waals surface area contributed by atoms with Crippen LogP contribution in [0.4, 0.5) is 0 Å². The lowest BCUT2D eigenvalue weighted by atomic mass is 9.95. The Morgan fingerprint density at radius 1 is 1.15 bits per heavy atom. The number of aliphatic hydroxyl groups is 1. The fourth-order valence-electron chi connectivity index (χ4n) is 3.65. The van der Waals surface area contributed by atoms with Crippen molar-refractivity contribution in [2.24, 2.45) is 0 Å². The number of ketones is 1. The monoisotopic (exact) mass is 493 g/mol. The molecule has 8 nitrogen and oxygen atoms in total. The van der Waals surface area contributed by atoms with Crippen LogP contribution >= 0.6 is 23.2 Å². The zero-order chi connectivity index (χ0) is 24.3. The standard InChI is InChI=1S/C23H21Cl2NO7/c1-12(27)33-15-6-4-5-13(9-15)19-18(21(29)23(30)26(19)7-8-31-2)20(28)16-10-14(24)11-17(25)22(16)32-3/h4-6,9-11,19,28H,7-8H2,1-3H3/b20-18+. The third-order valence-electron chi connectivity index (χ3n) is 4.98. The number of rotatable bonds is 7. The molecule has 2 aromatic carbocycles. The van der Waals surface area contributed by atoms with Gasteiger partial charge in [0.25, 0.3) is 11.7 Å². The van der Waals surface area contributed by atoms with Gasteiger partial charge in [0.15, 0.2) is 0 Å². The van der Waals surface area contributed by atoms with E-state index in [0.717, 1.165) is 0 Å². The highest BCUT2D eigenvalue weighted by Crippen LogP contribution is 2.43. The fraction of sp³-hybridized carbons (Fsp3) is 0.261. The lowest BCUT2D eigenvalue weighted by molar-refractivity contribution is -0.140. The van der Waals surface area contributed by atoms with E-state index >= 15 is 0 Å². The van der Waals surface area contributed by atoms with Crippen molar-refractivity contribution in [1.29, 1.82) is 0 Å². The number of hydrogen-bond acceptors (Lipinski definition) is 7. The van der Waals surface area contributed by atoms with E-state index in [-0.39, 0.29) is 45.8 Å². The molecule has 1 atom stereocenters. The number of ether oxygens (including phenoxy) is 3. The van der Waals surface area contributed by atoms with Gasteiger partial charge in [-0.2, -0.15) is 0 Å². The van der Waals surface area contributed by atoms with E-state index in [1.54, 1.807) is 18.2 Å². The highest BCUT2D eigenvalue weighted by molar-refractivity contribution is 6.46. The van der Waals surface area contributed by atoms with Crippen LogP contribution in [0.2, 0.25) is 10.0 Å². The molecule has 1 aliphatic heterocycles. The SMILES string of the molecule is COCCN1C(=O)C(=O)/C(=C(/O)c2cc(Cl)cc(Cl)c2OC)C1c1cccc(OC(C)=O)c1. The van der Waals surface area contributed by atoms with Gasteiger partial charge in [-0.3, -0.25) is 14.4 Å². The number of carbonyl (C=O) groups is 3. The van der Waals surface area contributed by atoms with Gasteiger partial charge < -0.3 is 24.2 Å². The molecule has 1 N–H and O–H groups in total. The van der Waals surface area contributed by atoms with Crippen molar-refractivity contribution in [1.82, 2.24) is 4.90 Å². The number of esters is 1. The molecule has 0 aromatic heterocycles. The number of Topliss-reactive ketones (excluding diaryl/α,β-unsaturated/α-hetero) is 1. The summed E-state index contributed by atoms with van der Waals surface area (Å²) in [5, 5.41) is 11.5. The lowest BCUT2D eigenvalue weighted by Crippen LogP contribution is -2.32. The van der Waals surface area contributed by atoms with Gasteiger partial charge in [-0.15, -0.1) is 0 Å². The van der Waals surface area contributed by atoms with Crippen molar-refractivity contribution in [3.8, 4) is 11.5 Å². The van der Waals surface area contributed by atoms with Crippen molar-refractivity contribution in [3.05, 3.63) is 63.1 Å². The zero-order valence-corrected chi connectivity index (χ0v) is 19.6. The summed E-state index contributed by atoms with van der Waals surface area (Å²) in [7, 11) is 2.81. The van der Waals surface area contributed by atoms with Crippen molar-refractivity contribution in [3.63, 3.8) is 0 Å². The number of nitrogens with zero attached hydrogens (tertiary/aromatic N) is 1. The molecule has 3 rings (SSSR count). The molecule has 1 fully saturated rings. The molecule has 1 saturated heterocycles. The minimum atomic E-state index is -0.988. The maximum Gasteiger partial charge on any atom is 0.308 e. The van der Waals surface area contributed by atoms with Crippen LogP contribution in [0, 0.1) is 0 Å². The fourth-order valence-corrected chi connectivity index (χ4v) is 4.22. The maximum absolute atomic E-state index is 13.1. The van der Waals surface area contributed by atoms with Gasteiger partial charge in [0, 0.05) is 25.6 Å². The predicted octanol–water partition coefficient (Wildman–Crippen LogP) is 4.00. The van der Waals surface area contributed by atoms with Crippen LogP contribution in [0.3, 0.4) is 0 Å². The number of methoxy groups -OCH3 is 2. The Hall–Kier alpha value is -3.07. The van der Waals surface area contributed by atoms with E-state index in [4.69, 9.17) is 37.4 Å². The number of likely N-dealkylation sites (tertiary alicyclic amines) is 1. The van der Waals surface area contributed by atoms with E-state index in [1.165, 1.54) is 44.2 Å². The number of amides is 1. The van der Waals surface area contributed by atoms with E-state index < -0.39 is 29.5 Å². The molecular weight excluding hydrogens is 473 g/mol. The highest BCUT2D eigenvalue weighted by atomic mass is 35.5. The van der Waals surface area contributed by atoms with Gasteiger partial charge in [-0.25, -0.2) is 0 Å². The molecule has 0 spiro atoms. The first-order valence-electron chi connectivity index (χ1n) is 9.78. The Labute approximate surface area is 200 Å². The second-order valence-corrected chi connectivity index (χ2v) is 7.96. The number of halogens is 2. The molecule has 1 amide bonds. The average Bonchev–Trinajstić information content (AvgIpc) is 3.01. The van der Waals surface area contributed by atoms with E-state index in [9.17, 15) is 19.5 Å². The summed E-state index contributed by atoms with van der Waals surface area (Å²) < 4.78 is 15.5. The summed E-state index contributed by atoms with van der Waals surface area (Å²) in [6.07, 6.45) is 0. The Morgan fingerprint density at radius 3 is 2.52 bits per heavy atom. The normalized spacial score (nSPS) is 17.4. The number of carbonyl (C=O) groups excluding carboxylic acids is 3. The molecule has 0 bridgehead atoms. The number of hydrogen-bond donors (Lipinski definition) is 1. The van der Waals surface area contributed by atoms with Crippen molar-refractivity contribution in [2.45, 2.75) is 13.0 Å². The minimum absolute atomic E-state index is 0.0564. The molecule has 1 aliphatic rings. The van der Waals surface area contributed by atoms with Gasteiger partial charge >= 0.3 is 5.97 Å². The van der Waals surface area contributed by atoms with Gasteiger partial charge in [0.2, 0.25) is 0 Å². The first kappa shape index (κ1) is 24.6. The quantitative estimate of drug-likeness (QED) is 0.204. The highest BCUT2D eigenvalue weighted by Gasteiger charge is 2.46. The maximum atomic E-state index is 13.1. The van der Waals surface area contributed by atoms with Crippen LogP contribution in [0.5, 0.6) is 11.5 Å². The van der Waals surface area contributed by atoms with Gasteiger partial charge in [0.1, 0.15) is 17.3 Å². The van der Waals surface area contributed by atoms with Crippen LogP contribution in [0.1, 0.15) is 24.1 Å². The Balaban J connectivity index is 2.25. The number of benzene rings is 2. The van der Waals surface area contributed by atoms with Gasteiger partial charge in [-0.1, -0.05) is 35.3 Å². The summed E-state index contributed by atoms with van der Waals surface area (Å²) >= 11 is 12.3. The molecule has 174 valence electrons. The Bertz CT molecular complexity index is 1150. The minimum Gasteiger partial charge on any atom is -0.507 e. The van der Waals surface area contributed by atoms with E-state index in [0.29, 0.717) is 5.56 Å². The summed E-state index contributed by atoms with van der Waals surface area (Å²) in [5.41, 5.74) is 0.311. The first-order valence-corrected chi connectivity index (χ1v) is 10.5. The molecule has 0 aliphatic carbocycles. The molecule has 2 aromatic rings. The van der Waals surface area contributed by atoms with Gasteiger partial charge in [-0.05, 0) is 29.8 Å². The van der Waals surface area contributed by atoms with E-state index in [1.807, 2.05) is 0 Å². The van der Waals surface area contributed by atoms with Gasteiger partial charge in [0.05, 0.1) is 35.9 Å². The summed E-state index contributed by atoms with van der Waals surface area (Å²) in [6, 6.07) is 8.17. The Morgan fingerprint density at radius 2 is 1.88 bits per heavy atom. The largest absolute Gasteiger partial charge is 0.507 e. The molecule has 1 heterocycles. The second-order valence-electron chi connectivity index (χ2n) is 7.12. The average molecular weight is 494 g/mol. The van der Waals surface area contributed by atoms with Crippen molar-refractivity contribution < 1.29 is 33.7 Å². The molecule has 10 heteroatoms. The van der Waals surface area contributed by atoms with Crippen LogP contribution < -0.4 is 9.47 Å². The van der Waals surface area contributed by atoms with Crippen molar-refractivity contribution >= 4 is 46.6 Å². The molecule has 33 heavy (non-hydrogen) atoms. The second kappa shape index (κ2) is 10.2. The summed E-state index contributed by atoms with van der Waals surface area (Å²) in [4.78, 5) is 38.6. The van der Waals surface area contributed by atoms with Crippen LogP contribution in [0.15, 0.2) is 42.0 Å².